The number of carboxylic acids is 1. The molecule has 0 aliphatic carbocycles. The first-order chi connectivity index (χ1) is 11.5. The second-order valence-electron chi connectivity index (χ2n) is 6.27. The molecule has 1 saturated heterocycles. The number of hydrogen-bond acceptors (Lipinski definition) is 5. The normalized spacial score (nSPS) is 22.9. The fourth-order valence-electron chi connectivity index (χ4n) is 2.81. The summed E-state index contributed by atoms with van der Waals surface area (Å²) in [7, 11) is -5.48. The molecule has 0 saturated carbocycles. The number of benzene rings is 1. The van der Waals surface area contributed by atoms with Gasteiger partial charge in [0.15, 0.2) is 0 Å². The van der Waals surface area contributed by atoms with Crippen LogP contribution in [0.3, 0.4) is 0 Å². The van der Waals surface area contributed by atoms with Crippen LogP contribution in [-0.4, -0.2) is 63.2 Å². The van der Waals surface area contributed by atoms with Gasteiger partial charge in [-0.25, -0.2) is 21.1 Å². The van der Waals surface area contributed by atoms with Crippen molar-refractivity contribution in [3.8, 4) is 0 Å². The maximum atomic E-state index is 13.1. The highest BCUT2D eigenvalue weighted by Crippen LogP contribution is 2.31. The van der Waals surface area contributed by atoms with Gasteiger partial charge in [0, 0.05) is 26.7 Å². The molecule has 1 aliphatic heterocycles. The molecule has 10 heteroatoms. The van der Waals surface area contributed by atoms with Gasteiger partial charge in [-0.3, -0.25) is 4.79 Å². The molecule has 1 heterocycles. The van der Waals surface area contributed by atoms with Crippen molar-refractivity contribution in [2.45, 2.75) is 35.6 Å². The molecule has 1 fully saturated rings. The molecule has 1 aromatic carbocycles. The summed E-state index contributed by atoms with van der Waals surface area (Å²) in [6.07, 6.45) is 0.791. The number of carbonyl (C=O) groups is 1. The van der Waals surface area contributed by atoms with Crippen LogP contribution < -0.4 is 0 Å². The molecule has 140 valence electrons. The van der Waals surface area contributed by atoms with Gasteiger partial charge < -0.3 is 5.11 Å². The summed E-state index contributed by atoms with van der Waals surface area (Å²) in [5, 5.41) is 9.21. The van der Waals surface area contributed by atoms with Gasteiger partial charge in [-0.05, 0) is 31.9 Å². The Morgan fingerprint density at radius 3 is 2.20 bits per heavy atom. The van der Waals surface area contributed by atoms with Crippen molar-refractivity contribution >= 4 is 26.0 Å². The van der Waals surface area contributed by atoms with Crippen molar-refractivity contribution in [3.63, 3.8) is 0 Å². The van der Waals surface area contributed by atoms with Crippen LogP contribution >= 0.6 is 0 Å². The van der Waals surface area contributed by atoms with Crippen LogP contribution in [0.2, 0.25) is 0 Å². The Morgan fingerprint density at radius 1 is 1.12 bits per heavy atom. The van der Waals surface area contributed by atoms with E-state index in [0.29, 0.717) is 12.8 Å². The molecule has 1 N–H and O–H groups in total. The molecule has 25 heavy (non-hydrogen) atoms. The number of hydrogen-bond donors (Lipinski definition) is 1. The monoisotopic (exact) mass is 390 g/mol. The molecule has 1 aliphatic rings. The van der Waals surface area contributed by atoms with Crippen LogP contribution in [0.15, 0.2) is 34.1 Å². The molecule has 0 radical (unpaired) electrons. The standard InChI is InChI=1S/C15H22N2O6S2/c1-11-8-9-12(15(18)19)10-17(11)25(22,23)14-7-5-4-6-13(14)24(20,21)16(2)3/h4-7,11-12H,8-10H2,1-3H3,(H,18,19). The third-order valence-corrected chi connectivity index (χ3v) is 8.41. The van der Waals surface area contributed by atoms with E-state index in [0.717, 1.165) is 8.61 Å². The Kier molecular flexibility index (Phi) is 5.57. The van der Waals surface area contributed by atoms with Gasteiger partial charge in [0.25, 0.3) is 0 Å². The first kappa shape index (κ1) is 19.8. The fourth-order valence-corrected chi connectivity index (χ4v) is 6.19. The predicted molar refractivity (Wildman–Crippen MR) is 91.0 cm³/mol. The van der Waals surface area contributed by atoms with E-state index >= 15 is 0 Å². The van der Waals surface area contributed by atoms with Gasteiger partial charge >= 0.3 is 5.97 Å². The lowest BCUT2D eigenvalue weighted by Crippen LogP contribution is -2.47. The average Bonchev–Trinajstić information content (AvgIpc) is 2.54. The van der Waals surface area contributed by atoms with Crippen molar-refractivity contribution < 1.29 is 26.7 Å². The molecule has 2 unspecified atom stereocenters. The predicted octanol–water partition coefficient (Wildman–Crippen LogP) is 0.811. The van der Waals surface area contributed by atoms with E-state index in [9.17, 15) is 26.7 Å². The topological polar surface area (TPSA) is 112 Å². The summed E-state index contributed by atoms with van der Waals surface area (Å²) in [6, 6.07) is 4.98. The van der Waals surface area contributed by atoms with E-state index in [2.05, 4.69) is 0 Å². The van der Waals surface area contributed by atoms with Crippen molar-refractivity contribution in [3.05, 3.63) is 24.3 Å². The number of rotatable bonds is 5. The lowest BCUT2D eigenvalue weighted by atomic mass is 9.96. The van der Waals surface area contributed by atoms with Crippen LogP contribution in [0.25, 0.3) is 0 Å². The number of nitrogens with zero attached hydrogens (tertiary/aromatic N) is 2. The highest BCUT2D eigenvalue weighted by molar-refractivity contribution is 7.92. The van der Waals surface area contributed by atoms with Crippen LogP contribution in [-0.2, 0) is 24.8 Å². The third kappa shape index (κ3) is 3.71. The molecule has 0 aromatic heterocycles. The zero-order valence-corrected chi connectivity index (χ0v) is 15.9. The Labute approximate surface area is 148 Å². The van der Waals surface area contributed by atoms with Crippen LogP contribution in [0.1, 0.15) is 19.8 Å². The van der Waals surface area contributed by atoms with Gasteiger partial charge in [-0.15, -0.1) is 0 Å². The van der Waals surface area contributed by atoms with Crippen LogP contribution in [0, 0.1) is 5.92 Å². The number of carboxylic acid groups (broad SMARTS) is 1. The van der Waals surface area contributed by atoms with Gasteiger partial charge in [0.05, 0.1) is 5.92 Å². The molecular formula is C15H22N2O6S2. The van der Waals surface area contributed by atoms with Gasteiger partial charge in [0.2, 0.25) is 20.0 Å². The van der Waals surface area contributed by atoms with Crippen LogP contribution in [0.5, 0.6) is 0 Å². The van der Waals surface area contributed by atoms with E-state index in [1.807, 2.05) is 0 Å². The zero-order valence-electron chi connectivity index (χ0n) is 14.3. The molecular weight excluding hydrogens is 368 g/mol. The molecule has 8 nitrogen and oxygen atoms in total. The lowest BCUT2D eigenvalue weighted by molar-refractivity contribution is -0.143. The number of aliphatic carboxylic acids is 1. The summed E-state index contributed by atoms with van der Waals surface area (Å²) in [4.78, 5) is 10.6. The minimum atomic E-state index is -4.16. The van der Waals surface area contributed by atoms with Crippen LogP contribution in [0.4, 0.5) is 0 Å². The zero-order chi connectivity index (χ0) is 19.0. The number of sulfonamides is 2. The first-order valence-electron chi connectivity index (χ1n) is 7.75. The summed E-state index contributed by atoms with van der Waals surface area (Å²) >= 11 is 0. The molecule has 0 bridgehead atoms. The molecule has 0 spiro atoms. The fraction of sp³-hybridized carbons (Fsp3) is 0.533. The Balaban J connectivity index is 2.56. The van der Waals surface area contributed by atoms with Gasteiger partial charge in [0.1, 0.15) is 9.79 Å². The number of piperidine rings is 1. The largest absolute Gasteiger partial charge is 0.481 e. The molecule has 2 rings (SSSR count). The van der Waals surface area contributed by atoms with Crippen molar-refractivity contribution in [1.29, 1.82) is 0 Å². The Bertz CT molecular complexity index is 864. The second kappa shape index (κ2) is 7.02. The quantitative estimate of drug-likeness (QED) is 0.796. The third-order valence-electron chi connectivity index (χ3n) is 4.37. The summed E-state index contributed by atoms with van der Waals surface area (Å²) in [5.41, 5.74) is 0. The minimum Gasteiger partial charge on any atom is -0.481 e. The van der Waals surface area contributed by atoms with Crippen molar-refractivity contribution in [2.24, 2.45) is 5.92 Å². The van der Waals surface area contributed by atoms with Gasteiger partial charge in [-0.2, -0.15) is 4.31 Å². The maximum absolute atomic E-state index is 13.1. The smallest absolute Gasteiger partial charge is 0.307 e. The van der Waals surface area contributed by atoms with E-state index in [1.165, 1.54) is 38.4 Å². The molecule has 1 aromatic rings. The van der Waals surface area contributed by atoms with Crippen molar-refractivity contribution in [1.82, 2.24) is 8.61 Å². The second-order valence-corrected chi connectivity index (χ2v) is 10.2. The summed E-state index contributed by atoms with van der Waals surface area (Å²) in [6.45, 7) is 1.52. The lowest BCUT2D eigenvalue weighted by Gasteiger charge is -2.35. The highest BCUT2D eigenvalue weighted by atomic mass is 32.2. The van der Waals surface area contributed by atoms with E-state index in [-0.39, 0.29) is 16.3 Å². The maximum Gasteiger partial charge on any atom is 0.307 e. The average molecular weight is 390 g/mol. The van der Waals surface area contributed by atoms with E-state index in [1.54, 1.807) is 6.92 Å². The Morgan fingerprint density at radius 2 is 1.68 bits per heavy atom. The summed E-state index contributed by atoms with van der Waals surface area (Å²) in [5.74, 6) is -1.86. The van der Waals surface area contributed by atoms with E-state index in [4.69, 9.17) is 0 Å². The SMILES string of the molecule is CC1CCC(C(=O)O)CN1S(=O)(=O)c1ccccc1S(=O)(=O)N(C)C. The first-order valence-corrected chi connectivity index (χ1v) is 10.6. The summed E-state index contributed by atoms with van der Waals surface area (Å²) < 4.78 is 53.2. The molecule has 0 amide bonds. The van der Waals surface area contributed by atoms with Gasteiger partial charge in [-0.1, -0.05) is 12.1 Å². The Hall–Kier alpha value is -1.49. The van der Waals surface area contributed by atoms with E-state index < -0.39 is 38.0 Å². The van der Waals surface area contributed by atoms with Crippen molar-refractivity contribution in [2.75, 3.05) is 20.6 Å². The highest BCUT2D eigenvalue weighted by Gasteiger charge is 2.39. The molecule has 2 atom stereocenters. The minimum absolute atomic E-state index is 0.171.